The fourth-order valence-electron chi connectivity index (χ4n) is 3.05. The number of nitrogens with one attached hydrogen (secondary N) is 1. The lowest BCUT2D eigenvalue weighted by molar-refractivity contribution is 0.137. The Balaban J connectivity index is 2.06. The van der Waals surface area contributed by atoms with Crippen molar-refractivity contribution in [1.82, 2.24) is 19.7 Å². The van der Waals surface area contributed by atoms with E-state index >= 15 is 0 Å². The van der Waals surface area contributed by atoms with Gasteiger partial charge in [-0.15, -0.1) is 0 Å². The van der Waals surface area contributed by atoms with E-state index in [0.29, 0.717) is 37.1 Å². The van der Waals surface area contributed by atoms with E-state index in [1.54, 1.807) is 25.3 Å². The van der Waals surface area contributed by atoms with Crippen LogP contribution in [-0.2, 0) is 11.3 Å². The normalized spacial score (nSPS) is 11.2. The van der Waals surface area contributed by atoms with Crippen LogP contribution in [0.2, 0.25) is 0 Å². The molecule has 0 spiro atoms. The summed E-state index contributed by atoms with van der Waals surface area (Å²) in [5.74, 6) is 1.05. The molecule has 0 fully saturated rings. The number of aryl methyl sites for hydroxylation is 1. The lowest BCUT2D eigenvalue weighted by Crippen LogP contribution is -2.24. The molecular weight excluding hydrogens is 359 g/mol. The number of benzene rings is 1. The number of halogens is 1. The number of aromatic nitrogens is 4. The van der Waals surface area contributed by atoms with Crippen molar-refractivity contribution in [3.05, 3.63) is 35.8 Å². The summed E-state index contributed by atoms with van der Waals surface area (Å²) in [6.45, 7) is 11.3. The molecule has 0 bridgehead atoms. The average molecular weight is 386 g/mol. The molecule has 0 aliphatic rings. The van der Waals surface area contributed by atoms with Crippen LogP contribution in [0.3, 0.4) is 0 Å². The van der Waals surface area contributed by atoms with E-state index in [2.05, 4.69) is 29.2 Å². The number of anilines is 3. The highest BCUT2D eigenvalue weighted by atomic mass is 19.1. The van der Waals surface area contributed by atoms with Crippen molar-refractivity contribution in [2.45, 2.75) is 34.2 Å². The molecule has 150 valence electrons. The predicted molar refractivity (Wildman–Crippen MR) is 110 cm³/mol. The fourth-order valence-corrected chi connectivity index (χ4v) is 3.05. The van der Waals surface area contributed by atoms with Crippen molar-refractivity contribution < 1.29 is 9.13 Å². The molecule has 3 rings (SSSR count). The molecule has 0 atom stereocenters. The first-order valence-electron chi connectivity index (χ1n) is 9.66. The molecule has 3 aromatic rings. The topological polar surface area (TPSA) is 68.1 Å². The van der Waals surface area contributed by atoms with E-state index in [1.165, 1.54) is 6.07 Å². The number of ether oxygens (including phenoxy) is 1. The van der Waals surface area contributed by atoms with Crippen LogP contribution in [0.1, 0.15) is 26.3 Å². The van der Waals surface area contributed by atoms with Gasteiger partial charge in [0, 0.05) is 25.4 Å². The minimum absolute atomic E-state index is 0.232. The van der Waals surface area contributed by atoms with E-state index in [9.17, 15) is 4.39 Å². The predicted octanol–water partition coefficient (Wildman–Crippen LogP) is 3.90. The maximum Gasteiger partial charge on any atom is 0.228 e. The first-order valence-corrected chi connectivity index (χ1v) is 9.66. The molecule has 0 saturated heterocycles. The second kappa shape index (κ2) is 8.97. The number of fused-ring (bicyclic) bond motifs is 1. The maximum atomic E-state index is 13.7. The first kappa shape index (κ1) is 20.0. The van der Waals surface area contributed by atoms with E-state index in [1.807, 2.05) is 11.6 Å². The molecule has 0 unspecified atom stereocenters. The molecule has 0 amide bonds. The van der Waals surface area contributed by atoms with Crippen LogP contribution in [0, 0.1) is 12.7 Å². The van der Waals surface area contributed by atoms with Gasteiger partial charge in [0.1, 0.15) is 16.9 Å². The zero-order valence-electron chi connectivity index (χ0n) is 16.9. The number of rotatable bonds is 9. The number of hydrogen-bond acceptors (Lipinski definition) is 6. The second-order valence-corrected chi connectivity index (χ2v) is 6.43. The van der Waals surface area contributed by atoms with Gasteiger partial charge in [-0.05, 0) is 51.5 Å². The maximum absolute atomic E-state index is 13.7. The van der Waals surface area contributed by atoms with Crippen LogP contribution in [-0.4, -0.2) is 46.1 Å². The summed E-state index contributed by atoms with van der Waals surface area (Å²) in [5.41, 5.74) is 2.90. The summed E-state index contributed by atoms with van der Waals surface area (Å²) in [7, 11) is 0. The van der Waals surface area contributed by atoms with Crippen LogP contribution >= 0.6 is 0 Å². The molecule has 0 aliphatic carbocycles. The summed E-state index contributed by atoms with van der Waals surface area (Å²) in [6.07, 6.45) is 1.75. The summed E-state index contributed by atoms with van der Waals surface area (Å²) in [5, 5.41) is 7.80. The SMILES string of the molecule is CCOCCn1ncc2nc(N(CC)CC)nc(Nc3ccc(F)c(C)c3)c21. The Morgan fingerprint density at radius 2 is 1.96 bits per heavy atom. The standard InChI is InChI=1S/C20H27FN6O/c1-5-26(6-2)20-24-17-13-22-27(10-11-28-7-3)18(17)19(25-20)23-15-8-9-16(21)14(4)12-15/h8-9,12-13H,5-7,10-11H2,1-4H3,(H,23,24,25). The van der Waals surface area contributed by atoms with Crippen LogP contribution in [0.5, 0.6) is 0 Å². The van der Waals surface area contributed by atoms with Crippen molar-refractivity contribution >= 4 is 28.5 Å². The summed E-state index contributed by atoms with van der Waals surface area (Å²) in [6, 6.07) is 4.92. The second-order valence-electron chi connectivity index (χ2n) is 6.43. The lowest BCUT2D eigenvalue weighted by atomic mass is 10.2. The van der Waals surface area contributed by atoms with Gasteiger partial charge in [0.15, 0.2) is 5.82 Å². The quantitative estimate of drug-likeness (QED) is 0.563. The monoisotopic (exact) mass is 386 g/mol. The zero-order valence-corrected chi connectivity index (χ0v) is 16.9. The van der Waals surface area contributed by atoms with Gasteiger partial charge in [0.05, 0.1) is 19.3 Å². The molecule has 0 saturated carbocycles. The van der Waals surface area contributed by atoms with E-state index < -0.39 is 0 Å². The Labute approximate surface area is 164 Å². The smallest absolute Gasteiger partial charge is 0.228 e. The largest absolute Gasteiger partial charge is 0.380 e. The molecule has 1 N–H and O–H groups in total. The first-order chi connectivity index (χ1) is 13.6. The van der Waals surface area contributed by atoms with Crippen molar-refractivity contribution in [3.8, 4) is 0 Å². The molecule has 1 aromatic carbocycles. The Bertz CT molecular complexity index is 938. The number of nitrogens with zero attached hydrogens (tertiary/aromatic N) is 5. The van der Waals surface area contributed by atoms with E-state index in [0.717, 1.165) is 29.8 Å². The molecule has 28 heavy (non-hydrogen) atoms. The lowest BCUT2D eigenvalue weighted by Gasteiger charge is -2.20. The Hall–Kier alpha value is -2.74. The average Bonchev–Trinajstić information content (AvgIpc) is 3.09. The van der Waals surface area contributed by atoms with Gasteiger partial charge in [-0.2, -0.15) is 10.1 Å². The zero-order chi connectivity index (χ0) is 20.1. The fraction of sp³-hybridized carbons (Fsp3) is 0.450. The van der Waals surface area contributed by atoms with Crippen molar-refractivity contribution in [1.29, 1.82) is 0 Å². The summed E-state index contributed by atoms with van der Waals surface area (Å²) >= 11 is 0. The van der Waals surface area contributed by atoms with Crippen LogP contribution in [0.4, 0.5) is 21.8 Å². The van der Waals surface area contributed by atoms with E-state index in [-0.39, 0.29) is 5.82 Å². The molecule has 7 nitrogen and oxygen atoms in total. The van der Waals surface area contributed by atoms with Crippen LogP contribution < -0.4 is 10.2 Å². The molecule has 2 aromatic heterocycles. The van der Waals surface area contributed by atoms with Gasteiger partial charge < -0.3 is 15.0 Å². The summed E-state index contributed by atoms with van der Waals surface area (Å²) < 4.78 is 21.0. The van der Waals surface area contributed by atoms with Crippen molar-refractivity contribution in [2.24, 2.45) is 0 Å². The highest BCUT2D eigenvalue weighted by molar-refractivity contribution is 5.88. The third kappa shape index (κ3) is 4.22. The Kier molecular flexibility index (Phi) is 6.41. The minimum atomic E-state index is -0.232. The van der Waals surface area contributed by atoms with Crippen LogP contribution in [0.25, 0.3) is 11.0 Å². The molecule has 0 radical (unpaired) electrons. The van der Waals surface area contributed by atoms with Gasteiger partial charge in [-0.3, -0.25) is 4.68 Å². The third-order valence-electron chi connectivity index (χ3n) is 4.60. The molecule has 2 heterocycles. The van der Waals surface area contributed by atoms with E-state index in [4.69, 9.17) is 14.7 Å². The highest BCUT2D eigenvalue weighted by Gasteiger charge is 2.16. The van der Waals surface area contributed by atoms with Gasteiger partial charge in [0.2, 0.25) is 5.95 Å². The molecular formula is C20H27FN6O. The third-order valence-corrected chi connectivity index (χ3v) is 4.60. The van der Waals surface area contributed by atoms with Gasteiger partial charge in [-0.1, -0.05) is 0 Å². The Morgan fingerprint density at radius 1 is 1.18 bits per heavy atom. The molecule has 0 aliphatic heterocycles. The van der Waals surface area contributed by atoms with Crippen molar-refractivity contribution in [2.75, 3.05) is 36.5 Å². The van der Waals surface area contributed by atoms with Gasteiger partial charge >= 0.3 is 0 Å². The summed E-state index contributed by atoms with van der Waals surface area (Å²) in [4.78, 5) is 11.5. The van der Waals surface area contributed by atoms with Crippen LogP contribution in [0.15, 0.2) is 24.4 Å². The molecule has 8 heteroatoms. The van der Waals surface area contributed by atoms with Gasteiger partial charge in [0.25, 0.3) is 0 Å². The van der Waals surface area contributed by atoms with Crippen molar-refractivity contribution in [3.63, 3.8) is 0 Å². The minimum Gasteiger partial charge on any atom is -0.380 e. The van der Waals surface area contributed by atoms with Gasteiger partial charge in [-0.25, -0.2) is 9.37 Å². The highest BCUT2D eigenvalue weighted by Crippen LogP contribution is 2.27. The Morgan fingerprint density at radius 3 is 2.64 bits per heavy atom. The number of hydrogen-bond donors (Lipinski definition) is 1.